The van der Waals surface area contributed by atoms with Gasteiger partial charge in [-0.15, -0.1) is 0 Å². The lowest BCUT2D eigenvalue weighted by atomic mass is 10.3. The Hall–Kier alpha value is 0.500. The first-order valence-electron chi connectivity index (χ1n) is 7.22. The fraction of sp³-hybridized carbons (Fsp3) is 1.00. The van der Waals surface area contributed by atoms with Gasteiger partial charge in [0.05, 0.1) is 13.2 Å². The summed E-state index contributed by atoms with van der Waals surface area (Å²) >= 11 is 1.38. The summed E-state index contributed by atoms with van der Waals surface area (Å²) in [6, 6.07) is 0. The largest absolute Gasteiger partial charge is 0.389 e. The van der Waals surface area contributed by atoms with Crippen LogP contribution in [0.25, 0.3) is 0 Å². The van der Waals surface area contributed by atoms with E-state index in [1.807, 2.05) is 0 Å². The van der Waals surface area contributed by atoms with Crippen molar-refractivity contribution >= 4 is 18.2 Å². The smallest absolute Gasteiger partial charge is 0.301 e. The minimum Gasteiger partial charge on any atom is -0.301 e. The predicted molar refractivity (Wildman–Crippen MR) is 81.3 cm³/mol. The van der Waals surface area contributed by atoms with Crippen molar-refractivity contribution < 1.29 is 13.6 Å². The van der Waals surface area contributed by atoms with E-state index in [1.54, 1.807) is 0 Å². The van der Waals surface area contributed by atoms with Gasteiger partial charge in [0, 0.05) is 5.75 Å². The van der Waals surface area contributed by atoms with E-state index in [4.69, 9.17) is 9.05 Å². The van der Waals surface area contributed by atoms with E-state index in [-0.39, 0.29) is 0 Å². The molecule has 0 atom stereocenters. The summed E-state index contributed by atoms with van der Waals surface area (Å²) in [5, 5.41) is 0. The van der Waals surface area contributed by atoms with Crippen molar-refractivity contribution in [3.63, 3.8) is 0 Å². The van der Waals surface area contributed by atoms with Gasteiger partial charge in [-0.2, -0.15) is 0 Å². The van der Waals surface area contributed by atoms with Gasteiger partial charge in [-0.25, -0.2) is 4.57 Å². The van der Waals surface area contributed by atoms with Crippen LogP contribution in [-0.4, -0.2) is 19.0 Å². The number of rotatable bonds is 13. The molecule has 0 saturated heterocycles. The van der Waals surface area contributed by atoms with E-state index in [0.717, 1.165) is 37.9 Å². The maximum atomic E-state index is 12.4. The molecule has 0 saturated carbocycles. The van der Waals surface area contributed by atoms with Crippen molar-refractivity contribution in [1.29, 1.82) is 0 Å². The van der Waals surface area contributed by atoms with Crippen LogP contribution in [0.3, 0.4) is 0 Å². The second-order valence-corrected chi connectivity index (χ2v) is 8.55. The van der Waals surface area contributed by atoms with Crippen LogP contribution in [0.4, 0.5) is 0 Å². The summed E-state index contributed by atoms with van der Waals surface area (Å²) < 4.78 is 23.4. The summed E-state index contributed by atoms with van der Waals surface area (Å²) in [7, 11) is 0. The normalized spacial score (nSPS) is 11.9. The van der Waals surface area contributed by atoms with Gasteiger partial charge in [-0.3, -0.25) is 0 Å². The van der Waals surface area contributed by atoms with Crippen LogP contribution in [-0.2, 0) is 13.6 Å². The molecule has 0 heterocycles. The number of unbranched alkanes of at least 4 members (excludes halogenated alkanes) is 4. The SMILES string of the molecule is CCCCCSP(=O)(OCCCC)OCCCC. The van der Waals surface area contributed by atoms with Crippen LogP contribution in [0.2, 0.25) is 0 Å². The van der Waals surface area contributed by atoms with Gasteiger partial charge in [-0.05, 0) is 30.6 Å². The summed E-state index contributed by atoms with van der Waals surface area (Å²) in [5.74, 6) is 0.864. The molecule has 0 rings (SSSR count). The summed E-state index contributed by atoms with van der Waals surface area (Å²) in [5.41, 5.74) is 0. The Labute approximate surface area is 117 Å². The lowest BCUT2D eigenvalue weighted by Gasteiger charge is -2.17. The van der Waals surface area contributed by atoms with Crippen molar-refractivity contribution in [2.24, 2.45) is 0 Å². The van der Waals surface area contributed by atoms with Gasteiger partial charge in [0.1, 0.15) is 0 Å². The Kier molecular flexibility index (Phi) is 12.9. The minimum atomic E-state index is -2.90. The monoisotopic (exact) mass is 296 g/mol. The first kappa shape index (κ1) is 18.5. The fourth-order valence-electron chi connectivity index (χ4n) is 1.28. The van der Waals surface area contributed by atoms with Gasteiger partial charge in [0.25, 0.3) is 0 Å². The maximum absolute atomic E-state index is 12.4. The molecule has 0 aliphatic rings. The van der Waals surface area contributed by atoms with Crippen molar-refractivity contribution in [3.8, 4) is 0 Å². The summed E-state index contributed by atoms with van der Waals surface area (Å²) in [6.07, 6.45) is 7.42. The highest BCUT2D eigenvalue weighted by Crippen LogP contribution is 2.61. The fourth-order valence-corrected chi connectivity index (χ4v) is 4.72. The highest BCUT2D eigenvalue weighted by molar-refractivity contribution is 8.55. The first-order chi connectivity index (χ1) is 8.68. The van der Waals surface area contributed by atoms with Crippen LogP contribution in [0.1, 0.15) is 65.7 Å². The van der Waals surface area contributed by atoms with Crippen molar-refractivity contribution in [2.45, 2.75) is 65.7 Å². The Bertz CT molecular complexity index is 210. The number of hydrogen-bond donors (Lipinski definition) is 0. The maximum Gasteiger partial charge on any atom is 0.389 e. The van der Waals surface area contributed by atoms with Gasteiger partial charge in [0.2, 0.25) is 0 Å². The zero-order valence-electron chi connectivity index (χ0n) is 12.2. The molecule has 0 fully saturated rings. The number of hydrogen-bond acceptors (Lipinski definition) is 4. The van der Waals surface area contributed by atoms with E-state index in [1.165, 1.54) is 24.2 Å². The zero-order valence-corrected chi connectivity index (χ0v) is 13.9. The Morgan fingerprint density at radius 3 is 1.78 bits per heavy atom. The second kappa shape index (κ2) is 12.5. The zero-order chi connectivity index (χ0) is 13.7. The highest BCUT2D eigenvalue weighted by Gasteiger charge is 2.24. The molecule has 0 aromatic heterocycles. The molecule has 0 aliphatic heterocycles. The molecule has 0 aromatic rings. The molecule has 5 heteroatoms. The van der Waals surface area contributed by atoms with Crippen LogP contribution >= 0.6 is 18.2 Å². The Morgan fingerprint density at radius 2 is 1.33 bits per heavy atom. The lowest BCUT2D eigenvalue weighted by molar-refractivity contribution is 0.215. The quantitative estimate of drug-likeness (QED) is 0.325. The molecule has 3 nitrogen and oxygen atoms in total. The highest BCUT2D eigenvalue weighted by atomic mass is 32.7. The second-order valence-electron chi connectivity index (χ2n) is 4.36. The molecule has 0 unspecified atom stereocenters. The van der Waals surface area contributed by atoms with Gasteiger partial charge >= 0.3 is 6.80 Å². The molecular weight excluding hydrogens is 267 g/mol. The molecule has 0 bridgehead atoms. The molecule has 0 amide bonds. The molecule has 0 N–H and O–H groups in total. The van der Waals surface area contributed by atoms with Gasteiger partial charge < -0.3 is 9.05 Å². The van der Waals surface area contributed by atoms with E-state index in [2.05, 4.69) is 20.8 Å². The molecule has 0 radical (unpaired) electrons. The summed E-state index contributed by atoms with van der Waals surface area (Å²) in [4.78, 5) is 0. The van der Waals surface area contributed by atoms with Crippen molar-refractivity contribution in [2.75, 3.05) is 19.0 Å². The Balaban J connectivity index is 3.99. The first-order valence-corrected chi connectivity index (χ1v) is 10.4. The molecule has 110 valence electrons. The van der Waals surface area contributed by atoms with Crippen LogP contribution in [0, 0.1) is 0 Å². The van der Waals surface area contributed by atoms with Crippen LogP contribution < -0.4 is 0 Å². The molecule has 18 heavy (non-hydrogen) atoms. The molecular formula is C13H29O3PS. The topological polar surface area (TPSA) is 35.5 Å². The lowest BCUT2D eigenvalue weighted by Crippen LogP contribution is -1.98. The average Bonchev–Trinajstić information content (AvgIpc) is 2.36. The van der Waals surface area contributed by atoms with Gasteiger partial charge in [0.15, 0.2) is 0 Å². The molecule has 0 aliphatic carbocycles. The standard InChI is InChI=1S/C13H29O3PS/c1-4-7-10-13-18-17(14,15-11-8-5-2)16-12-9-6-3/h4-13H2,1-3H3. The van der Waals surface area contributed by atoms with Crippen molar-refractivity contribution in [3.05, 3.63) is 0 Å². The third-order valence-corrected chi connectivity index (χ3v) is 6.41. The van der Waals surface area contributed by atoms with E-state index >= 15 is 0 Å². The van der Waals surface area contributed by atoms with Crippen molar-refractivity contribution in [1.82, 2.24) is 0 Å². The predicted octanol–water partition coefficient (Wildman–Crippen LogP) is 5.65. The Morgan fingerprint density at radius 1 is 0.833 bits per heavy atom. The van der Waals surface area contributed by atoms with Gasteiger partial charge in [-0.1, -0.05) is 46.5 Å². The third kappa shape index (κ3) is 10.4. The van der Waals surface area contributed by atoms with Crippen LogP contribution in [0.5, 0.6) is 0 Å². The van der Waals surface area contributed by atoms with Crippen LogP contribution in [0.15, 0.2) is 0 Å². The molecule has 0 aromatic carbocycles. The summed E-state index contributed by atoms with van der Waals surface area (Å²) in [6.45, 7) is 4.54. The van der Waals surface area contributed by atoms with E-state index < -0.39 is 6.80 Å². The molecule has 0 spiro atoms. The third-order valence-electron chi connectivity index (χ3n) is 2.49. The average molecular weight is 296 g/mol. The van der Waals surface area contributed by atoms with E-state index in [9.17, 15) is 4.57 Å². The minimum absolute atomic E-state index is 0.542. The van der Waals surface area contributed by atoms with E-state index in [0.29, 0.717) is 13.2 Å².